The van der Waals surface area contributed by atoms with Crippen LogP contribution in [-0.2, 0) is 4.74 Å². The third-order valence-corrected chi connectivity index (χ3v) is 4.33. The van der Waals surface area contributed by atoms with Gasteiger partial charge in [-0.15, -0.1) is 0 Å². The van der Waals surface area contributed by atoms with Crippen LogP contribution in [0.25, 0.3) is 10.4 Å². The van der Waals surface area contributed by atoms with E-state index < -0.39 is 12.3 Å². The number of aliphatic hydroxyl groups is 1. The van der Waals surface area contributed by atoms with Crippen LogP contribution in [0.2, 0.25) is 0 Å². The molecule has 0 aromatic heterocycles. The summed E-state index contributed by atoms with van der Waals surface area (Å²) >= 11 is 0. The van der Waals surface area contributed by atoms with Gasteiger partial charge in [-0.05, 0) is 29.8 Å². The van der Waals surface area contributed by atoms with Crippen molar-refractivity contribution in [2.75, 3.05) is 11.5 Å². The number of ether oxygens (including phenoxy) is 2. The fourth-order valence-electron chi connectivity index (χ4n) is 3.23. The van der Waals surface area contributed by atoms with Gasteiger partial charge in [0.25, 0.3) is 0 Å². The molecule has 2 aliphatic heterocycles. The van der Waals surface area contributed by atoms with E-state index in [4.69, 9.17) is 15.0 Å². The van der Waals surface area contributed by atoms with Gasteiger partial charge >= 0.3 is 0 Å². The molecule has 4 rings (SSSR count). The number of aliphatic hydroxyl groups excluding tert-OH is 1. The maximum atomic E-state index is 10.6. The summed E-state index contributed by atoms with van der Waals surface area (Å²) < 4.78 is 11.6. The molecule has 1 fully saturated rings. The third kappa shape index (κ3) is 2.45. The quantitative estimate of drug-likeness (QED) is 0.518. The molecule has 2 aromatic rings. The van der Waals surface area contributed by atoms with Crippen molar-refractivity contribution in [3.8, 4) is 11.5 Å². The van der Waals surface area contributed by atoms with Gasteiger partial charge in [0.15, 0.2) is 11.5 Å². The highest BCUT2D eigenvalue weighted by Crippen LogP contribution is 2.48. The first kappa shape index (κ1) is 14.8. The number of rotatable bonds is 2. The summed E-state index contributed by atoms with van der Waals surface area (Å²) in [4.78, 5) is 4.81. The average molecular weight is 324 g/mol. The van der Waals surface area contributed by atoms with Gasteiger partial charge in [0.2, 0.25) is 0 Å². The van der Waals surface area contributed by atoms with Crippen LogP contribution in [0, 0.1) is 0 Å². The molecule has 2 aliphatic rings. The van der Waals surface area contributed by atoms with Gasteiger partial charge in [-0.1, -0.05) is 29.4 Å². The number of benzene rings is 2. The topological polar surface area (TPSA) is 90.7 Å². The lowest BCUT2D eigenvalue weighted by molar-refractivity contribution is -0.0529. The van der Waals surface area contributed by atoms with Crippen molar-refractivity contribution in [1.82, 2.24) is 0 Å². The Bertz CT molecular complexity index is 760. The molecule has 1 N–H and O–H groups in total. The highest BCUT2D eigenvalue weighted by molar-refractivity contribution is 5.78. The fraction of sp³-hybridized carbons (Fsp3) is 0.294. The molecule has 0 amide bonds. The van der Waals surface area contributed by atoms with E-state index in [1.165, 1.54) is 0 Å². The molecule has 2 heterocycles. The highest BCUT2D eigenvalue weighted by Gasteiger charge is 2.38. The summed E-state index contributed by atoms with van der Waals surface area (Å²) in [5.41, 5.74) is 10.3. The Kier molecular flexibility index (Phi) is 3.74. The summed E-state index contributed by atoms with van der Waals surface area (Å²) in [6, 6.07) is 15.1. The minimum Gasteiger partial charge on any atom is -0.453 e. The van der Waals surface area contributed by atoms with Crippen molar-refractivity contribution in [1.29, 1.82) is 0 Å². The van der Waals surface area contributed by atoms with Gasteiger partial charge in [-0.3, -0.25) is 0 Å². The first-order valence-electron chi connectivity index (χ1n) is 7.77. The van der Waals surface area contributed by atoms with Crippen molar-refractivity contribution >= 4 is 11.4 Å². The second kappa shape index (κ2) is 6.05. The maximum absolute atomic E-state index is 10.6. The summed E-state index contributed by atoms with van der Waals surface area (Å²) in [5, 5.41) is 14.2. The lowest BCUT2D eigenvalue weighted by Crippen LogP contribution is -2.50. The van der Waals surface area contributed by atoms with E-state index in [-0.39, 0.29) is 19.1 Å². The molecule has 0 spiro atoms. The second-order valence-corrected chi connectivity index (χ2v) is 5.77. The molecule has 2 aromatic carbocycles. The maximum Gasteiger partial charge on any atom is 0.151 e. The summed E-state index contributed by atoms with van der Waals surface area (Å²) in [5.74, 6) is 1.47. The van der Waals surface area contributed by atoms with Crippen molar-refractivity contribution in [3.05, 3.63) is 59.0 Å². The molecular weight excluding hydrogens is 308 g/mol. The lowest BCUT2D eigenvalue weighted by Gasteiger charge is -2.43. The molecule has 1 saturated heterocycles. The van der Waals surface area contributed by atoms with Gasteiger partial charge in [-0.2, -0.15) is 0 Å². The van der Waals surface area contributed by atoms with E-state index in [1.54, 1.807) is 0 Å². The van der Waals surface area contributed by atoms with Crippen LogP contribution in [0.15, 0.2) is 53.6 Å². The summed E-state index contributed by atoms with van der Waals surface area (Å²) in [6.45, 7) is 0.257. The normalized spacial score (nSPS) is 25.0. The fourth-order valence-corrected chi connectivity index (χ4v) is 3.23. The molecule has 0 bridgehead atoms. The van der Waals surface area contributed by atoms with E-state index in [2.05, 4.69) is 10.0 Å². The lowest BCUT2D eigenvalue weighted by atomic mass is 10.0. The minimum absolute atomic E-state index is 0.257. The van der Waals surface area contributed by atoms with Crippen LogP contribution in [0.3, 0.4) is 0 Å². The van der Waals surface area contributed by atoms with Crippen LogP contribution in [0.4, 0.5) is 11.4 Å². The largest absolute Gasteiger partial charge is 0.453 e. The Morgan fingerprint density at radius 3 is 2.29 bits per heavy atom. The van der Waals surface area contributed by atoms with Gasteiger partial charge < -0.3 is 19.5 Å². The standard InChI is InChI=1S/C17H16N4O3/c18-20-19-17-9-14(22)13(10-23-17)21-11-5-1-3-7-15(11)24-16-8-4-2-6-12(16)21/h1-8,13-14,17,22H,9-10H2. The van der Waals surface area contributed by atoms with Crippen LogP contribution < -0.4 is 9.64 Å². The number of anilines is 2. The third-order valence-electron chi connectivity index (χ3n) is 4.33. The van der Waals surface area contributed by atoms with Crippen LogP contribution >= 0.6 is 0 Å². The zero-order valence-electron chi connectivity index (χ0n) is 12.8. The number of nitrogens with zero attached hydrogens (tertiary/aromatic N) is 4. The smallest absolute Gasteiger partial charge is 0.151 e. The number of para-hydroxylation sites is 4. The van der Waals surface area contributed by atoms with Crippen molar-refractivity contribution in [2.24, 2.45) is 5.11 Å². The molecule has 0 aliphatic carbocycles. The predicted octanol–water partition coefficient (Wildman–Crippen LogP) is 3.72. The molecular formula is C17H16N4O3. The van der Waals surface area contributed by atoms with Crippen molar-refractivity contribution in [3.63, 3.8) is 0 Å². The van der Waals surface area contributed by atoms with E-state index >= 15 is 0 Å². The number of hydrogen-bond acceptors (Lipinski definition) is 5. The first-order valence-corrected chi connectivity index (χ1v) is 7.77. The Hall–Kier alpha value is -2.73. The van der Waals surface area contributed by atoms with E-state index in [0.717, 1.165) is 22.9 Å². The molecule has 24 heavy (non-hydrogen) atoms. The molecule has 0 saturated carbocycles. The molecule has 3 unspecified atom stereocenters. The monoisotopic (exact) mass is 324 g/mol. The SMILES string of the molecule is [N-]=[N+]=NC1CC(O)C(N2c3ccccc3Oc3ccccc32)CO1. The van der Waals surface area contributed by atoms with Gasteiger partial charge in [0.1, 0.15) is 6.23 Å². The van der Waals surface area contributed by atoms with Gasteiger partial charge in [-0.25, -0.2) is 0 Å². The Labute approximate surface area is 138 Å². The second-order valence-electron chi connectivity index (χ2n) is 5.77. The Balaban J connectivity index is 1.74. The van der Waals surface area contributed by atoms with E-state index in [0.29, 0.717) is 0 Å². The highest BCUT2D eigenvalue weighted by atomic mass is 16.5. The predicted molar refractivity (Wildman–Crippen MR) is 88.4 cm³/mol. The van der Waals surface area contributed by atoms with E-state index in [1.807, 2.05) is 53.4 Å². The van der Waals surface area contributed by atoms with Crippen molar-refractivity contribution in [2.45, 2.75) is 24.8 Å². The van der Waals surface area contributed by atoms with Crippen LogP contribution in [0.1, 0.15) is 6.42 Å². The van der Waals surface area contributed by atoms with Gasteiger partial charge in [0.05, 0.1) is 30.1 Å². The van der Waals surface area contributed by atoms with Crippen LogP contribution in [0.5, 0.6) is 11.5 Å². The number of fused-ring (bicyclic) bond motifs is 2. The van der Waals surface area contributed by atoms with E-state index in [9.17, 15) is 5.11 Å². The molecule has 3 atom stereocenters. The number of hydrogen-bond donors (Lipinski definition) is 1. The molecule has 7 heteroatoms. The minimum atomic E-state index is -0.687. The Morgan fingerprint density at radius 1 is 1.08 bits per heavy atom. The zero-order valence-corrected chi connectivity index (χ0v) is 12.8. The van der Waals surface area contributed by atoms with Crippen molar-refractivity contribution < 1.29 is 14.6 Å². The summed E-state index contributed by atoms with van der Waals surface area (Å²) in [6.07, 6.45) is -1.06. The first-order chi connectivity index (χ1) is 11.8. The Morgan fingerprint density at radius 2 is 1.71 bits per heavy atom. The average Bonchev–Trinajstić information content (AvgIpc) is 2.61. The summed E-state index contributed by atoms with van der Waals surface area (Å²) in [7, 11) is 0. The van der Waals surface area contributed by atoms with Gasteiger partial charge in [0, 0.05) is 11.3 Å². The zero-order chi connectivity index (χ0) is 16.5. The van der Waals surface area contributed by atoms with Crippen LogP contribution in [-0.4, -0.2) is 30.1 Å². The number of azide groups is 1. The molecule has 7 nitrogen and oxygen atoms in total. The molecule has 122 valence electrons. The molecule has 0 radical (unpaired) electrons.